The normalized spacial score (nSPS) is 47.4. The molecule has 4 rings (SSSR count). The fraction of sp³-hybridized carbons (Fsp3) is 0.880. The topological polar surface area (TPSA) is 88.1 Å². The molecule has 0 spiro atoms. The van der Waals surface area contributed by atoms with E-state index < -0.39 is 11.4 Å². The largest absolute Gasteiger partial charge is 0.462 e. The molecule has 0 aromatic rings. The van der Waals surface area contributed by atoms with Crippen LogP contribution in [0.2, 0.25) is 0 Å². The van der Waals surface area contributed by atoms with Gasteiger partial charge in [0.1, 0.15) is 12.2 Å². The van der Waals surface area contributed by atoms with E-state index >= 15 is 0 Å². The Bertz CT molecular complexity index is 795. The molecule has 2 saturated carbocycles. The second kappa shape index (κ2) is 8.00. The first kappa shape index (κ1) is 23.5. The minimum atomic E-state index is -1.13. The maximum Gasteiger partial charge on any atom is 0.305 e. The van der Waals surface area contributed by atoms with E-state index in [9.17, 15) is 14.4 Å². The van der Waals surface area contributed by atoms with E-state index in [0.29, 0.717) is 24.7 Å². The summed E-state index contributed by atoms with van der Waals surface area (Å²) >= 11 is 0. The standard InChI is InChI=1S/C25H38O7/c1-14-22-19-7-8-21(30-16(3)27)23(19,5)11-10-20(22)24(6)12-9-18(29-15(2)26)13-25(14,32-24)31-17(4)28/h14,18-22H,7-13H2,1-6H3. The van der Waals surface area contributed by atoms with E-state index in [1.165, 1.54) is 20.8 Å². The highest BCUT2D eigenvalue weighted by Gasteiger charge is 2.67. The first-order valence-electron chi connectivity index (χ1n) is 12.1. The number of carbonyl (C=O) groups excluding carboxylic acids is 3. The van der Waals surface area contributed by atoms with Crippen molar-refractivity contribution >= 4 is 17.9 Å². The van der Waals surface area contributed by atoms with Crippen molar-refractivity contribution in [1.29, 1.82) is 0 Å². The molecule has 0 N–H and O–H groups in total. The number of hydrogen-bond acceptors (Lipinski definition) is 7. The van der Waals surface area contributed by atoms with Crippen LogP contribution in [0.15, 0.2) is 0 Å². The smallest absolute Gasteiger partial charge is 0.305 e. The SMILES string of the molecule is CC(=O)OC1CCC2(C)OC(OC(C)=O)(C1)C(C)C1C2CCC2(C)C(OC(C)=O)CCC12. The van der Waals surface area contributed by atoms with Gasteiger partial charge in [-0.15, -0.1) is 0 Å². The van der Waals surface area contributed by atoms with Gasteiger partial charge in [-0.2, -0.15) is 0 Å². The molecule has 2 aliphatic carbocycles. The Labute approximate surface area is 190 Å². The zero-order chi connectivity index (χ0) is 23.5. The molecule has 32 heavy (non-hydrogen) atoms. The van der Waals surface area contributed by atoms with Crippen LogP contribution in [0.25, 0.3) is 0 Å². The maximum absolute atomic E-state index is 12.3. The Morgan fingerprint density at radius 1 is 0.844 bits per heavy atom. The predicted octanol–water partition coefficient (Wildman–Crippen LogP) is 4.16. The summed E-state index contributed by atoms with van der Waals surface area (Å²) in [6.07, 6.45) is 5.18. The van der Waals surface area contributed by atoms with Gasteiger partial charge in [0.2, 0.25) is 5.79 Å². The van der Waals surface area contributed by atoms with Gasteiger partial charge in [-0.05, 0) is 63.2 Å². The van der Waals surface area contributed by atoms with Gasteiger partial charge in [0, 0.05) is 32.1 Å². The fourth-order valence-corrected chi connectivity index (χ4v) is 7.87. The minimum Gasteiger partial charge on any atom is -0.462 e. The van der Waals surface area contributed by atoms with Gasteiger partial charge < -0.3 is 18.9 Å². The van der Waals surface area contributed by atoms with Gasteiger partial charge >= 0.3 is 17.9 Å². The van der Waals surface area contributed by atoms with Crippen molar-refractivity contribution in [3.63, 3.8) is 0 Å². The zero-order valence-corrected chi connectivity index (χ0v) is 20.3. The van der Waals surface area contributed by atoms with Crippen molar-refractivity contribution < 1.29 is 33.3 Å². The van der Waals surface area contributed by atoms with Gasteiger partial charge in [-0.1, -0.05) is 13.8 Å². The number of fused-ring (bicyclic) bond motifs is 6. The van der Waals surface area contributed by atoms with Gasteiger partial charge in [0.15, 0.2) is 0 Å². The van der Waals surface area contributed by atoms with Gasteiger partial charge in [-0.25, -0.2) is 0 Å². The highest BCUT2D eigenvalue weighted by molar-refractivity contribution is 5.67. The summed E-state index contributed by atoms with van der Waals surface area (Å²) in [4.78, 5) is 35.8. The summed E-state index contributed by atoms with van der Waals surface area (Å²) in [6.45, 7) is 10.9. The highest BCUT2D eigenvalue weighted by atomic mass is 16.7. The lowest BCUT2D eigenvalue weighted by Crippen LogP contribution is -2.65. The van der Waals surface area contributed by atoms with Crippen LogP contribution in [0, 0.1) is 29.1 Å². The molecule has 0 radical (unpaired) electrons. The molecule has 7 heteroatoms. The summed E-state index contributed by atoms with van der Waals surface area (Å²) in [5.74, 6) is -1.20. The van der Waals surface area contributed by atoms with Crippen LogP contribution in [0.1, 0.15) is 86.5 Å². The number of ether oxygens (including phenoxy) is 4. The second-order valence-corrected chi connectivity index (χ2v) is 11.1. The van der Waals surface area contributed by atoms with E-state index in [2.05, 4.69) is 20.8 Å². The monoisotopic (exact) mass is 450 g/mol. The molecule has 7 nitrogen and oxygen atoms in total. The lowest BCUT2D eigenvalue weighted by molar-refractivity contribution is -0.358. The van der Waals surface area contributed by atoms with Crippen molar-refractivity contribution in [3.05, 3.63) is 0 Å². The third-order valence-electron chi connectivity index (χ3n) is 9.14. The van der Waals surface area contributed by atoms with Crippen LogP contribution in [0.3, 0.4) is 0 Å². The minimum absolute atomic E-state index is 0.0682. The highest BCUT2D eigenvalue weighted by Crippen LogP contribution is 2.66. The van der Waals surface area contributed by atoms with Crippen LogP contribution in [0.4, 0.5) is 0 Å². The van der Waals surface area contributed by atoms with E-state index in [1.54, 1.807) is 0 Å². The van der Waals surface area contributed by atoms with Crippen LogP contribution in [-0.2, 0) is 33.3 Å². The average molecular weight is 451 g/mol. The molecule has 2 saturated heterocycles. The lowest BCUT2D eigenvalue weighted by Gasteiger charge is -2.62. The number of esters is 3. The Kier molecular flexibility index (Phi) is 5.88. The molecule has 2 bridgehead atoms. The van der Waals surface area contributed by atoms with E-state index in [0.717, 1.165) is 32.1 Å². The van der Waals surface area contributed by atoms with Gasteiger partial charge in [0.05, 0.1) is 12.0 Å². The average Bonchev–Trinajstić information content (AvgIpc) is 2.92. The van der Waals surface area contributed by atoms with Crippen molar-refractivity contribution in [2.45, 2.75) is 110 Å². The van der Waals surface area contributed by atoms with Crippen molar-refractivity contribution in [2.75, 3.05) is 0 Å². The summed E-state index contributed by atoms with van der Waals surface area (Å²) in [6, 6.07) is 0. The van der Waals surface area contributed by atoms with Crippen LogP contribution in [0.5, 0.6) is 0 Å². The van der Waals surface area contributed by atoms with Crippen molar-refractivity contribution in [3.8, 4) is 0 Å². The zero-order valence-electron chi connectivity index (χ0n) is 20.3. The Morgan fingerprint density at radius 2 is 1.53 bits per heavy atom. The quantitative estimate of drug-likeness (QED) is 0.471. The number of rotatable bonds is 3. The molecule has 2 heterocycles. The summed E-state index contributed by atoms with van der Waals surface area (Å²) in [7, 11) is 0. The molecule has 9 atom stereocenters. The lowest BCUT2D eigenvalue weighted by atomic mass is 9.51. The molecule has 0 amide bonds. The Hall–Kier alpha value is -1.63. The Morgan fingerprint density at radius 3 is 2.16 bits per heavy atom. The third-order valence-corrected chi connectivity index (χ3v) is 9.14. The van der Waals surface area contributed by atoms with Crippen LogP contribution in [-0.4, -0.2) is 41.5 Å². The first-order chi connectivity index (χ1) is 14.9. The van der Waals surface area contributed by atoms with Gasteiger partial charge in [-0.3, -0.25) is 14.4 Å². The first-order valence-corrected chi connectivity index (χ1v) is 12.1. The third kappa shape index (κ3) is 3.74. The molecule has 9 unspecified atom stereocenters. The molecule has 4 aliphatic rings. The molecular weight excluding hydrogens is 412 g/mol. The van der Waals surface area contributed by atoms with E-state index in [4.69, 9.17) is 18.9 Å². The maximum atomic E-state index is 12.3. The van der Waals surface area contributed by atoms with Crippen LogP contribution >= 0.6 is 0 Å². The van der Waals surface area contributed by atoms with Crippen LogP contribution < -0.4 is 0 Å². The molecule has 180 valence electrons. The Balaban J connectivity index is 1.74. The van der Waals surface area contributed by atoms with E-state index in [1.807, 2.05) is 0 Å². The molecular formula is C25H38O7. The van der Waals surface area contributed by atoms with Gasteiger partial charge in [0.25, 0.3) is 0 Å². The molecule has 4 fully saturated rings. The van der Waals surface area contributed by atoms with Crippen molar-refractivity contribution in [2.24, 2.45) is 29.1 Å². The number of hydrogen-bond donors (Lipinski definition) is 0. The molecule has 2 aliphatic heterocycles. The summed E-state index contributed by atoms with van der Waals surface area (Å²) in [5.41, 5.74) is -0.562. The molecule has 0 aromatic carbocycles. The fourth-order valence-electron chi connectivity index (χ4n) is 7.87. The van der Waals surface area contributed by atoms with Crippen molar-refractivity contribution in [1.82, 2.24) is 0 Å². The summed E-state index contributed by atoms with van der Waals surface area (Å²) < 4.78 is 24.2. The van der Waals surface area contributed by atoms with E-state index in [-0.39, 0.29) is 47.4 Å². The summed E-state index contributed by atoms with van der Waals surface area (Å²) in [5, 5.41) is 0. The second-order valence-electron chi connectivity index (χ2n) is 11.1. The predicted molar refractivity (Wildman–Crippen MR) is 115 cm³/mol. The molecule has 0 aromatic heterocycles. The number of carbonyl (C=O) groups is 3.